The zero-order valence-corrected chi connectivity index (χ0v) is 20.4. The molecule has 36 heavy (non-hydrogen) atoms. The maximum atomic E-state index is 13.3. The summed E-state index contributed by atoms with van der Waals surface area (Å²) >= 11 is 0. The minimum atomic E-state index is -0.505. The Hall–Kier alpha value is -4.48. The molecule has 4 rings (SSSR count). The van der Waals surface area contributed by atoms with Gasteiger partial charge in [0.25, 0.3) is 5.91 Å². The van der Waals surface area contributed by atoms with Crippen LogP contribution in [0.1, 0.15) is 34.9 Å². The zero-order valence-electron chi connectivity index (χ0n) is 20.4. The molecule has 0 saturated carbocycles. The molecule has 0 spiro atoms. The van der Waals surface area contributed by atoms with Crippen LogP contribution in [0, 0.1) is 6.92 Å². The average Bonchev–Trinajstić information content (AvgIpc) is 3.26. The van der Waals surface area contributed by atoms with Crippen molar-refractivity contribution in [2.45, 2.75) is 25.8 Å². The summed E-state index contributed by atoms with van der Waals surface area (Å²) in [5.74, 6) is -0.156. The van der Waals surface area contributed by atoms with Crippen LogP contribution in [0.15, 0.2) is 37.2 Å². The molecule has 3 N–H and O–H groups in total. The number of nitrogens with zero attached hydrogens (tertiary/aromatic N) is 6. The molecule has 12 heteroatoms. The number of likely N-dealkylation sites (tertiary alicyclic amines) is 1. The van der Waals surface area contributed by atoms with Gasteiger partial charge in [0.2, 0.25) is 5.91 Å². The fourth-order valence-corrected chi connectivity index (χ4v) is 4.11. The van der Waals surface area contributed by atoms with E-state index in [9.17, 15) is 14.4 Å². The molecule has 188 valence electrons. The van der Waals surface area contributed by atoms with E-state index in [1.807, 2.05) is 0 Å². The lowest BCUT2D eigenvalue weighted by atomic mass is 10.1. The van der Waals surface area contributed by atoms with Gasteiger partial charge >= 0.3 is 6.09 Å². The normalized spacial score (nSPS) is 15.4. The molecule has 1 saturated heterocycles. The second kappa shape index (κ2) is 10.0. The number of rotatable bonds is 5. The molecule has 12 nitrogen and oxygen atoms in total. The number of anilines is 2. The Bertz CT molecular complexity index is 1350. The van der Waals surface area contributed by atoms with Crippen molar-refractivity contribution < 1.29 is 19.1 Å². The number of benzene rings is 1. The Morgan fingerprint density at radius 1 is 1.28 bits per heavy atom. The first-order valence-corrected chi connectivity index (χ1v) is 11.4. The van der Waals surface area contributed by atoms with Gasteiger partial charge in [-0.1, -0.05) is 6.58 Å². The van der Waals surface area contributed by atoms with E-state index in [2.05, 4.69) is 27.0 Å². The number of hydrogen-bond acceptors (Lipinski definition) is 8. The highest BCUT2D eigenvalue weighted by Crippen LogP contribution is 2.30. The van der Waals surface area contributed by atoms with Crippen LogP contribution >= 0.6 is 0 Å². The highest BCUT2D eigenvalue weighted by Gasteiger charge is 2.29. The van der Waals surface area contributed by atoms with Gasteiger partial charge in [-0.25, -0.2) is 19.4 Å². The lowest BCUT2D eigenvalue weighted by Gasteiger charge is -2.32. The Labute approximate surface area is 207 Å². The Balaban J connectivity index is 1.63. The van der Waals surface area contributed by atoms with Gasteiger partial charge in [-0.3, -0.25) is 9.59 Å². The van der Waals surface area contributed by atoms with Crippen molar-refractivity contribution in [3.05, 3.63) is 48.4 Å². The quantitative estimate of drug-likeness (QED) is 0.516. The molecule has 3 aromatic rings. The van der Waals surface area contributed by atoms with Gasteiger partial charge in [-0.05, 0) is 49.6 Å². The maximum Gasteiger partial charge on any atom is 0.414 e. The summed E-state index contributed by atoms with van der Waals surface area (Å²) in [5, 5.41) is 7.77. The molecule has 1 unspecified atom stereocenters. The van der Waals surface area contributed by atoms with E-state index in [-0.39, 0.29) is 23.5 Å². The van der Waals surface area contributed by atoms with Crippen molar-refractivity contribution >= 4 is 40.4 Å². The van der Waals surface area contributed by atoms with Gasteiger partial charge < -0.3 is 25.6 Å². The number of ether oxygens (including phenoxy) is 1. The summed E-state index contributed by atoms with van der Waals surface area (Å²) in [6.07, 6.45) is 3.64. The van der Waals surface area contributed by atoms with Gasteiger partial charge in [0.1, 0.15) is 17.9 Å². The van der Waals surface area contributed by atoms with E-state index in [0.29, 0.717) is 41.1 Å². The molecular formula is C24H28N8O4. The van der Waals surface area contributed by atoms with E-state index in [4.69, 9.17) is 10.5 Å². The molecule has 0 aliphatic carbocycles. The topological polar surface area (TPSA) is 149 Å². The molecule has 3 heterocycles. The number of amides is 3. The van der Waals surface area contributed by atoms with Crippen LogP contribution in [0.4, 0.5) is 16.3 Å². The minimum absolute atomic E-state index is 0.0813. The van der Waals surface area contributed by atoms with Gasteiger partial charge in [-0.15, -0.1) is 0 Å². The average molecular weight is 493 g/mol. The van der Waals surface area contributed by atoms with E-state index in [0.717, 1.165) is 12.8 Å². The van der Waals surface area contributed by atoms with Crippen LogP contribution in [0.3, 0.4) is 0 Å². The smallest absolute Gasteiger partial charge is 0.410 e. The molecule has 1 atom stereocenters. The minimum Gasteiger partial charge on any atom is -0.410 e. The van der Waals surface area contributed by atoms with Crippen molar-refractivity contribution in [2.75, 3.05) is 38.2 Å². The third-order valence-corrected chi connectivity index (χ3v) is 5.98. The molecule has 3 amide bonds. The molecular weight excluding hydrogens is 464 g/mol. The first-order chi connectivity index (χ1) is 17.2. The molecule has 1 aliphatic rings. The summed E-state index contributed by atoms with van der Waals surface area (Å²) < 4.78 is 6.92. The second-order valence-electron chi connectivity index (χ2n) is 8.73. The Kier molecular flexibility index (Phi) is 6.86. The molecule has 1 aliphatic heterocycles. The lowest BCUT2D eigenvalue weighted by molar-refractivity contribution is -0.127. The Morgan fingerprint density at radius 2 is 2.06 bits per heavy atom. The van der Waals surface area contributed by atoms with E-state index in [1.54, 1.807) is 48.8 Å². The molecule has 2 aromatic heterocycles. The first-order valence-electron chi connectivity index (χ1n) is 11.4. The number of hydrogen-bond donors (Lipinski definition) is 2. The predicted octanol–water partition coefficient (Wildman–Crippen LogP) is 2.38. The summed E-state index contributed by atoms with van der Waals surface area (Å²) in [4.78, 5) is 48.7. The Morgan fingerprint density at radius 3 is 2.75 bits per heavy atom. The van der Waals surface area contributed by atoms with Crippen molar-refractivity contribution in [1.29, 1.82) is 0 Å². The summed E-state index contributed by atoms with van der Waals surface area (Å²) in [5.41, 5.74) is 7.84. The number of nitrogen functional groups attached to an aromatic ring is 1. The largest absolute Gasteiger partial charge is 0.414 e. The monoisotopic (exact) mass is 492 g/mol. The number of nitrogens with two attached hydrogens (primary N) is 1. The van der Waals surface area contributed by atoms with E-state index >= 15 is 0 Å². The molecule has 0 bridgehead atoms. The second-order valence-corrected chi connectivity index (χ2v) is 8.73. The summed E-state index contributed by atoms with van der Waals surface area (Å²) in [6, 6.07) is 4.70. The fourth-order valence-electron chi connectivity index (χ4n) is 4.11. The number of fused-ring (bicyclic) bond motifs is 1. The van der Waals surface area contributed by atoms with Crippen LogP contribution in [0.5, 0.6) is 5.75 Å². The number of aromatic nitrogens is 4. The highest BCUT2D eigenvalue weighted by molar-refractivity contribution is 6.13. The van der Waals surface area contributed by atoms with Gasteiger partial charge in [0.05, 0.1) is 11.4 Å². The summed E-state index contributed by atoms with van der Waals surface area (Å²) in [6.45, 7) is 6.39. The number of piperidine rings is 1. The number of carbonyl (C=O) groups is 3. The van der Waals surface area contributed by atoms with Crippen molar-refractivity contribution in [1.82, 2.24) is 29.5 Å². The van der Waals surface area contributed by atoms with E-state index < -0.39 is 12.0 Å². The van der Waals surface area contributed by atoms with E-state index in [1.165, 1.54) is 17.3 Å². The van der Waals surface area contributed by atoms with Crippen molar-refractivity contribution in [3.63, 3.8) is 0 Å². The molecule has 1 fully saturated rings. The predicted molar refractivity (Wildman–Crippen MR) is 134 cm³/mol. The van der Waals surface area contributed by atoms with Crippen molar-refractivity contribution in [2.24, 2.45) is 0 Å². The van der Waals surface area contributed by atoms with Crippen LogP contribution in [0.2, 0.25) is 0 Å². The number of carbonyl (C=O) groups excluding carboxylic acids is 3. The zero-order chi connectivity index (χ0) is 26.0. The van der Waals surface area contributed by atoms with Crippen LogP contribution in [0.25, 0.3) is 11.0 Å². The maximum absolute atomic E-state index is 13.3. The van der Waals surface area contributed by atoms with Crippen LogP contribution < -0.4 is 15.8 Å². The SMILES string of the molecule is C=CC(=O)N1CCCC(n2nc(C(=O)Nc3ccc(OC(=O)N(C)C)cc3C)c3c(N)ncnc32)C1. The highest BCUT2D eigenvalue weighted by atomic mass is 16.6. The lowest BCUT2D eigenvalue weighted by Crippen LogP contribution is -2.40. The third kappa shape index (κ3) is 4.83. The number of aryl methyl sites for hydroxylation is 1. The summed E-state index contributed by atoms with van der Waals surface area (Å²) in [7, 11) is 3.18. The molecule has 0 radical (unpaired) electrons. The van der Waals surface area contributed by atoms with Crippen molar-refractivity contribution in [3.8, 4) is 5.75 Å². The molecule has 1 aromatic carbocycles. The van der Waals surface area contributed by atoms with Crippen LogP contribution in [-0.2, 0) is 4.79 Å². The standard InChI is InChI=1S/C24H28N8O4/c1-5-18(33)31-10-6-7-15(12-31)32-22-19(21(25)26-13-27-22)20(29-32)23(34)28-17-9-8-16(11-14(17)2)36-24(35)30(3)4/h5,8-9,11,13,15H,1,6-7,10,12H2,2-4H3,(H,28,34)(H2,25,26,27). The fraction of sp³-hybridized carbons (Fsp3) is 0.333. The van der Waals surface area contributed by atoms with Gasteiger partial charge in [0.15, 0.2) is 11.3 Å². The number of nitrogens with one attached hydrogen (secondary N) is 1. The third-order valence-electron chi connectivity index (χ3n) is 5.98. The first kappa shape index (κ1) is 24.6. The van der Waals surface area contributed by atoms with Crippen LogP contribution in [-0.4, -0.2) is 74.6 Å². The van der Waals surface area contributed by atoms with Gasteiger partial charge in [0, 0.05) is 32.9 Å². The van der Waals surface area contributed by atoms with Gasteiger partial charge in [-0.2, -0.15) is 5.10 Å².